The molecule has 4 nitrogen and oxygen atoms in total. The molecule has 3 rings (SSSR count). The van der Waals surface area contributed by atoms with E-state index >= 15 is 0 Å². The first kappa shape index (κ1) is 13.2. The Hall–Kier alpha value is -1.84. The van der Waals surface area contributed by atoms with Gasteiger partial charge in [-0.05, 0) is 36.8 Å². The van der Waals surface area contributed by atoms with E-state index in [2.05, 4.69) is 23.4 Å². The largest absolute Gasteiger partial charge is 0.478 e. The molecule has 0 bridgehead atoms. The molecule has 2 unspecified atom stereocenters. The molecule has 1 saturated carbocycles. The highest BCUT2D eigenvalue weighted by Gasteiger charge is 2.34. The van der Waals surface area contributed by atoms with Crippen LogP contribution in [0, 0.1) is 11.8 Å². The van der Waals surface area contributed by atoms with Crippen LogP contribution in [-0.2, 0) is 13.0 Å². The van der Waals surface area contributed by atoms with Crippen molar-refractivity contribution in [2.75, 3.05) is 0 Å². The summed E-state index contributed by atoms with van der Waals surface area (Å²) < 4.78 is 2.15. The summed E-state index contributed by atoms with van der Waals surface area (Å²) in [7, 11) is 0. The van der Waals surface area contributed by atoms with E-state index in [0.29, 0.717) is 11.5 Å². The number of carboxylic acids is 1. The van der Waals surface area contributed by atoms with Gasteiger partial charge in [0.2, 0.25) is 0 Å². The van der Waals surface area contributed by atoms with E-state index in [1.165, 1.54) is 6.42 Å². The van der Waals surface area contributed by atoms with E-state index in [-0.39, 0.29) is 0 Å². The third-order valence-electron chi connectivity index (χ3n) is 4.24. The first-order valence-electron chi connectivity index (χ1n) is 7.33. The molecule has 1 aliphatic carbocycles. The maximum absolute atomic E-state index is 11.5. The second-order valence-corrected chi connectivity index (χ2v) is 5.84. The number of carboxylic acid groups (broad SMARTS) is 1. The Morgan fingerprint density at radius 1 is 1.50 bits per heavy atom. The van der Waals surface area contributed by atoms with Crippen LogP contribution in [-0.4, -0.2) is 20.6 Å². The number of nitrogens with zero attached hydrogens (tertiary/aromatic N) is 2. The SMILES string of the molecule is CCCc1nc2cccc(C(=O)O)c2n1CC1CC1C. The van der Waals surface area contributed by atoms with Gasteiger partial charge in [-0.15, -0.1) is 0 Å². The van der Waals surface area contributed by atoms with E-state index in [1.54, 1.807) is 12.1 Å². The van der Waals surface area contributed by atoms with Gasteiger partial charge < -0.3 is 9.67 Å². The van der Waals surface area contributed by atoms with Gasteiger partial charge in [0.25, 0.3) is 0 Å². The zero-order valence-corrected chi connectivity index (χ0v) is 12.0. The average Bonchev–Trinajstić information content (AvgIpc) is 2.99. The van der Waals surface area contributed by atoms with Gasteiger partial charge in [-0.1, -0.05) is 19.9 Å². The van der Waals surface area contributed by atoms with Crippen molar-refractivity contribution in [1.82, 2.24) is 9.55 Å². The average molecular weight is 272 g/mol. The number of fused-ring (bicyclic) bond motifs is 1. The number of benzene rings is 1. The molecule has 1 N–H and O–H groups in total. The Balaban J connectivity index is 2.14. The van der Waals surface area contributed by atoms with Crippen LogP contribution in [0.3, 0.4) is 0 Å². The highest BCUT2D eigenvalue weighted by Crippen LogP contribution is 2.40. The van der Waals surface area contributed by atoms with Crippen LogP contribution in [0.5, 0.6) is 0 Å². The topological polar surface area (TPSA) is 55.1 Å². The van der Waals surface area contributed by atoms with Crippen LogP contribution in [0.4, 0.5) is 0 Å². The first-order valence-corrected chi connectivity index (χ1v) is 7.33. The molecule has 0 saturated heterocycles. The van der Waals surface area contributed by atoms with Gasteiger partial charge in [0.15, 0.2) is 0 Å². The summed E-state index contributed by atoms with van der Waals surface area (Å²) in [6, 6.07) is 5.36. The van der Waals surface area contributed by atoms with Gasteiger partial charge in [0.05, 0.1) is 16.6 Å². The number of aryl methyl sites for hydroxylation is 1. The molecule has 4 heteroatoms. The molecule has 1 fully saturated rings. The molecule has 1 aromatic carbocycles. The fourth-order valence-electron chi connectivity index (χ4n) is 2.91. The molecule has 1 heterocycles. The number of rotatable bonds is 5. The van der Waals surface area contributed by atoms with E-state index in [4.69, 9.17) is 0 Å². The predicted octanol–water partition coefficient (Wildman–Crippen LogP) is 3.34. The quantitative estimate of drug-likeness (QED) is 0.908. The zero-order valence-electron chi connectivity index (χ0n) is 12.0. The molecule has 106 valence electrons. The maximum Gasteiger partial charge on any atom is 0.337 e. The Morgan fingerprint density at radius 3 is 2.85 bits per heavy atom. The van der Waals surface area contributed by atoms with Gasteiger partial charge in [-0.2, -0.15) is 0 Å². The Kier molecular flexibility index (Phi) is 3.24. The molecule has 1 aromatic heterocycles. The number of aromatic nitrogens is 2. The molecule has 0 amide bonds. The van der Waals surface area contributed by atoms with Crippen molar-refractivity contribution in [1.29, 1.82) is 0 Å². The van der Waals surface area contributed by atoms with E-state index in [9.17, 15) is 9.90 Å². The highest BCUT2D eigenvalue weighted by molar-refractivity contribution is 6.01. The summed E-state index contributed by atoms with van der Waals surface area (Å²) in [5.74, 6) is 1.57. The van der Waals surface area contributed by atoms with Crippen molar-refractivity contribution < 1.29 is 9.90 Å². The number of hydrogen-bond donors (Lipinski definition) is 1. The predicted molar refractivity (Wildman–Crippen MR) is 78.0 cm³/mol. The molecule has 0 spiro atoms. The third kappa shape index (κ3) is 2.19. The summed E-state index contributed by atoms with van der Waals surface area (Å²) in [5, 5.41) is 9.41. The fraction of sp³-hybridized carbons (Fsp3) is 0.500. The number of para-hydroxylation sites is 1. The van der Waals surface area contributed by atoms with Crippen molar-refractivity contribution in [2.24, 2.45) is 11.8 Å². The van der Waals surface area contributed by atoms with Crippen molar-refractivity contribution in [3.8, 4) is 0 Å². The Morgan fingerprint density at radius 2 is 2.25 bits per heavy atom. The molecular formula is C16H20N2O2. The summed E-state index contributed by atoms with van der Waals surface area (Å²) in [4.78, 5) is 16.1. The van der Waals surface area contributed by atoms with Gasteiger partial charge in [0, 0.05) is 13.0 Å². The molecule has 2 atom stereocenters. The zero-order chi connectivity index (χ0) is 14.3. The minimum Gasteiger partial charge on any atom is -0.478 e. The Labute approximate surface area is 118 Å². The maximum atomic E-state index is 11.5. The normalized spacial score (nSPS) is 21.3. The number of imidazole rings is 1. The fourth-order valence-corrected chi connectivity index (χ4v) is 2.91. The minimum absolute atomic E-state index is 0.366. The second kappa shape index (κ2) is 4.93. The molecule has 2 aromatic rings. The molecule has 0 aliphatic heterocycles. The van der Waals surface area contributed by atoms with E-state index in [1.807, 2.05) is 6.07 Å². The third-order valence-corrected chi connectivity index (χ3v) is 4.24. The summed E-state index contributed by atoms with van der Waals surface area (Å²) in [6.45, 7) is 5.28. The van der Waals surface area contributed by atoms with Crippen LogP contribution in [0.1, 0.15) is 42.9 Å². The summed E-state index contributed by atoms with van der Waals surface area (Å²) in [6.07, 6.45) is 3.15. The Bertz CT molecular complexity index is 660. The highest BCUT2D eigenvalue weighted by atomic mass is 16.4. The van der Waals surface area contributed by atoms with Crippen LogP contribution >= 0.6 is 0 Å². The standard InChI is InChI=1S/C16H20N2O2/c1-3-5-14-17-13-7-4-6-12(16(19)20)15(13)18(14)9-11-8-10(11)2/h4,6-7,10-11H,3,5,8-9H2,1-2H3,(H,19,20). The second-order valence-electron chi connectivity index (χ2n) is 5.84. The van der Waals surface area contributed by atoms with Crippen molar-refractivity contribution in [3.05, 3.63) is 29.6 Å². The van der Waals surface area contributed by atoms with Crippen molar-refractivity contribution >= 4 is 17.0 Å². The number of hydrogen-bond acceptors (Lipinski definition) is 2. The van der Waals surface area contributed by atoms with Gasteiger partial charge in [-0.3, -0.25) is 0 Å². The molecular weight excluding hydrogens is 252 g/mol. The minimum atomic E-state index is -0.872. The molecule has 20 heavy (non-hydrogen) atoms. The monoisotopic (exact) mass is 272 g/mol. The first-order chi connectivity index (χ1) is 9.61. The van der Waals surface area contributed by atoms with Crippen LogP contribution in [0.25, 0.3) is 11.0 Å². The molecule has 0 radical (unpaired) electrons. The lowest BCUT2D eigenvalue weighted by Crippen LogP contribution is -2.09. The van der Waals surface area contributed by atoms with Gasteiger partial charge in [0.1, 0.15) is 5.82 Å². The van der Waals surface area contributed by atoms with Crippen molar-refractivity contribution in [3.63, 3.8) is 0 Å². The van der Waals surface area contributed by atoms with E-state index < -0.39 is 5.97 Å². The number of carbonyl (C=O) groups is 1. The van der Waals surface area contributed by atoms with Gasteiger partial charge in [-0.25, -0.2) is 9.78 Å². The summed E-state index contributed by atoms with van der Waals surface area (Å²) in [5.41, 5.74) is 1.97. The lowest BCUT2D eigenvalue weighted by atomic mass is 10.2. The van der Waals surface area contributed by atoms with Crippen molar-refractivity contribution in [2.45, 2.75) is 39.7 Å². The van der Waals surface area contributed by atoms with Crippen LogP contribution < -0.4 is 0 Å². The smallest absolute Gasteiger partial charge is 0.337 e. The van der Waals surface area contributed by atoms with Gasteiger partial charge >= 0.3 is 5.97 Å². The number of aromatic carboxylic acids is 1. The van der Waals surface area contributed by atoms with Crippen LogP contribution in [0.15, 0.2) is 18.2 Å². The molecule has 1 aliphatic rings. The van der Waals surface area contributed by atoms with Crippen LogP contribution in [0.2, 0.25) is 0 Å². The summed E-state index contributed by atoms with van der Waals surface area (Å²) >= 11 is 0. The lowest BCUT2D eigenvalue weighted by Gasteiger charge is -2.09. The lowest BCUT2D eigenvalue weighted by molar-refractivity contribution is 0.0698. The van der Waals surface area contributed by atoms with E-state index in [0.717, 1.165) is 42.2 Å².